The fourth-order valence-electron chi connectivity index (χ4n) is 7.98. The predicted octanol–water partition coefficient (Wildman–Crippen LogP) is 17.9. The average Bonchev–Trinajstić information content (AvgIpc) is 3.28. The topological polar surface area (TPSA) is 88.1 Å². The summed E-state index contributed by atoms with van der Waals surface area (Å²) in [5.41, 5.74) is 1.10. The predicted molar refractivity (Wildman–Crippen MR) is 269 cm³/mol. The first-order valence-corrected chi connectivity index (χ1v) is 27.0. The number of benzene rings is 1. The van der Waals surface area contributed by atoms with Crippen LogP contribution in [0.25, 0.3) is 0 Å². The van der Waals surface area contributed by atoms with Gasteiger partial charge in [0, 0.05) is 12.8 Å². The van der Waals surface area contributed by atoms with E-state index in [1.54, 1.807) is 12.1 Å². The van der Waals surface area contributed by atoms with Gasteiger partial charge in [0.1, 0.15) is 11.9 Å². The molecule has 64 heavy (non-hydrogen) atoms. The summed E-state index contributed by atoms with van der Waals surface area (Å²) in [6.45, 7) is 7.47. The van der Waals surface area contributed by atoms with Gasteiger partial charge in [0.05, 0.1) is 13.2 Å². The third-order valence-electron chi connectivity index (χ3n) is 12.1. The van der Waals surface area contributed by atoms with Crippen molar-refractivity contribution in [2.75, 3.05) is 13.2 Å². The van der Waals surface area contributed by atoms with Crippen LogP contribution in [0.5, 0.6) is 5.75 Å². The van der Waals surface area contributed by atoms with Gasteiger partial charge in [0.15, 0.2) is 0 Å². The molecule has 0 amide bonds. The average molecular weight is 895 g/mol. The van der Waals surface area contributed by atoms with Gasteiger partial charge in [-0.3, -0.25) is 9.59 Å². The molecule has 0 aromatic heterocycles. The molecule has 0 spiro atoms. The highest BCUT2D eigenvalue weighted by atomic mass is 16.7. The summed E-state index contributed by atoms with van der Waals surface area (Å²) in [6, 6.07) is 7.38. The molecule has 0 aliphatic heterocycles. The van der Waals surface area contributed by atoms with E-state index < -0.39 is 6.16 Å². The quantitative estimate of drug-likeness (QED) is 0.0212. The summed E-state index contributed by atoms with van der Waals surface area (Å²) in [6.07, 6.45) is 51.0. The third kappa shape index (κ3) is 41.6. The zero-order chi connectivity index (χ0) is 46.2. The van der Waals surface area contributed by atoms with Gasteiger partial charge in [0.2, 0.25) is 0 Å². The zero-order valence-electron chi connectivity index (χ0n) is 41.8. The Morgan fingerprint density at radius 2 is 0.781 bits per heavy atom. The van der Waals surface area contributed by atoms with Crippen molar-refractivity contribution in [2.24, 2.45) is 0 Å². The Morgan fingerprint density at radius 1 is 0.438 bits per heavy atom. The minimum atomic E-state index is -0.662. The molecule has 0 saturated carbocycles. The van der Waals surface area contributed by atoms with Crippen molar-refractivity contribution >= 4 is 18.1 Å². The second-order valence-corrected chi connectivity index (χ2v) is 18.4. The molecule has 0 bridgehead atoms. The number of aryl methyl sites for hydroxylation is 1. The molecule has 1 aromatic carbocycles. The van der Waals surface area contributed by atoms with Crippen molar-refractivity contribution in [3.8, 4) is 5.75 Å². The highest BCUT2D eigenvalue weighted by Gasteiger charge is 2.16. The van der Waals surface area contributed by atoms with Crippen LogP contribution in [0.2, 0.25) is 0 Å². The Balaban J connectivity index is 2.13. The lowest BCUT2D eigenvalue weighted by molar-refractivity contribution is -0.144. The molecule has 0 unspecified atom stereocenters. The normalized spacial score (nSPS) is 11.6. The molecule has 0 saturated heterocycles. The number of carbonyl (C=O) groups is 3. The Morgan fingerprint density at radius 3 is 1.19 bits per heavy atom. The number of unbranched alkanes of at least 4 members (excludes halogenated alkanes) is 28. The zero-order valence-corrected chi connectivity index (χ0v) is 41.8. The molecule has 1 rings (SSSR count). The number of allylic oxidation sites excluding steroid dienone is 4. The van der Waals surface area contributed by atoms with Crippen molar-refractivity contribution in [1.82, 2.24) is 0 Å². The molecular weight excluding hydrogens is 797 g/mol. The van der Waals surface area contributed by atoms with E-state index in [-0.39, 0.29) is 18.0 Å². The van der Waals surface area contributed by atoms with Crippen molar-refractivity contribution < 1.29 is 33.3 Å². The molecule has 7 heteroatoms. The number of ether oxygens (including phenoxy) is 4. The number of hydrogen-bond acceptors (Lipinski definition) is 7. The van der Waals surface area contributed by atoms with Gasteiger partial charge in [-0.15, -0.1) is 0 Å². The van der Waals surface area contributed by atoms with Gasteiger partial charge in [-0.05, 0) is 122 Å². The van der Waals surface area contributed by atoms with Gasteiger partial charge in [-0.25, -0.2) is 4.79 Å². The molecular formula is C57H98O7. The number of rotatable bonds is 46. The first-order chi connectivity index (χ1) is 31.4. The summed E-state index contributed by atoms with van der Waals surface area (Å²) < 4.78 is 22.3. The van der Waals surface area contributed by atoms with Gasteiger partial charge in [-0.1, -0.05) is 184 Å². The third-order valence-corrected chi connectivity index (χ3v) is 12.1. The Bertz CT molecular complexity index is 1190. The van der Waals surface area contributed by atoms with Crippen LogP contribution in [0.3, 0.4) is 0 Å². The van der Waals surface area contributed by atoms with Crippen LogP contribution < -0.4 is 4.74 Å². The minimum Gasteiger partial charge on any atom is -0.466 e. The van der Waals surface area contributed by atoms with E-state index in [1.165, 1.54) is 141 Å². The first kappa shape index (κ1) is 58.9. The van der Waals surface area contributed by atoms with Gasteiger partial charge in [0.25, 0.3) is 0 Å². The second-order valence-electron chi connectivity index (χ2n) is 18.4. The summed E-state index contributed by atoms with van der Waals surface area (Å²) >= 11 is 0. The monoisotopic (exact) mass is 895 g/mol. The van der Waals surface area contributed by atoms with E-state index in [1.807, 2.05) is 19.1 Å². The molecule has 0 radical (unpaired) electrons. The number of esters is 2. The molecule has 7 nitrogen and oxygen atoms in total. The Kier molecular flexibility index (Phi) is 42.8. The number of carbonyl (C=O) groups excluding carboxylic acids is 3. The van der Waals surface area contributed by atoms with E-state index in [2.05, 4.69) is 38.2 Å². The maximum absolute atomic E-state index is 12.7. The smallest absolute Gasteiger partial charge is 0.466 e. The van der Waals surface area contributed by atoms with Crippen LogP contribution in [0.4, 0.5) is 4.79 Å². The van der Waals surface area contributed by atoms with E-state index in [0.717, 1.165) is 95.5 Å². The van der Waals surface area contributed by atoms with E-state index in [9.17, 15) is 14.4 Å². The molecule has 0 heterocycles. The van der Waals surface area contributed by atoms with Crippen LogP contribution in [0, 0.1) is 6.92 Å². The lowest BCUT2D eigenvalue weighted by atomic mass is 10.0. The summed E-state index contributed by atoms with van der Waals surface area (Å²) in [5, 5.41) is 0. The lowest BCUT2D eigenvalue weighted by Crippen LogP contribution is -2.21. The van der Waals surface area contributed by atoms with Gasteiger partial charge >= 0.3 is 18.1 Å². The maximum Gasteiger partial charge on any atom is 0.514 e. The Hall–Kier alpha value is -3.09. The fourth-order valence-corrected chi connectivity index (χ4v) is 7.98. The summed E-state index contributed by atoms with van der Waals surface area (Å²) in [7, 11) is 0. The lowest BCUT2D eigenvalue weighted by Gasteiger charge is -2.18. The van der Waals surface area contributed by atoms with E-state index in [4.69, 9.17) is 18.9 Å². The van der Waals surface area contributed by atoms with Crippen molar-refractivity contribution in [3.63, 3.8) is 0 Å². The highest BCUT2D eigenvalue weighted by molar-refractivity contribution is 5.69. The first-order valence-electron chi connectivity index (χ1n) is 27.0. The summed E-state index contributed by atoms with van der Waals surface area (Å²) in [5.74, 6) is 0.322. The van der Waals surface area contributed by atoms with Crippen LogP contribution in [-0.4, -0.2) is 37.4 Å². The SMILES string of the molecule is CCCCCCCC/C=C\CCCCCCCC(=O)OCCCCCCC(CCCCCCOC(=O)CCCCCCC/C=C\CCCCCCCC)OC(=O)Oc1ccc(C)cc1. The molecule has 1 aromatic rings. The molecule has 0 N–H and O–H groups in total. The van der Waals surface area contributed by atoms with E-state index in [0.29, 0.717) is 31.8 Å². The molecule has 368 valence electrons. The Labute approximate surface area is 394 Å². The minimum absolute atomic E-state index is 0.0786. The van der Waals surface area contributed by atoms with Gasteiger partial charge < -0.3 is 18.9 Å². The molecule has 0 aliphatic rings. The van der Waals surface area contributed by atoms with Gasteiger partial charge in [-0.2, -0.15) is 0 Å². The van der Waals surface area contributed by atoms with Crippen LogP contribution >= 0.6 is 0 Å². The van der Waals surface area contributed by atoms with Crippen molar-refractivity contribution in [1.29, 1.82) is 0 Å². The van der Waals surface area contributed by atoms with Crippen LogP contribution in [0.1, 0.15) is 263 Å². The molecule has 0 atom stereocenters. The number of hydrogen-bond donors (Lipinski definition) is 0. The second kappa shape index (κ2) is 46.4. The van der Waals surface area contributed by atoms with Crippen molar-refractivity contribution in [2.45, 2.75) is 271 Å². The standard InChI is InChI=1S/C57H98O7/c1-4-6-8-10-12-14-16-18-20-22-24-26-28-30-38-44-55(58)61-50-40-34-32-36-42-53(63-57(60)64-54-48-46-52(3)47-49-54)43-37-33-35-41-51-62-56(59)45-39-31-29-27-25-23-21-19-17-15-13-11-9-7-5-2/h18-21,46-49,53H,4-17,22-45,50-51H2,1-3H3/b20-18-,21-19-. The largest absolute Gasteiger partial charge is 0.514 e. The van der Waals surface area contributed by atoms with Crippen LogP contribution in [0.15, 0.2) is 48.6 Å². The van der Waals surface area contributed by atoms with Crippen LogP contribution in [-0.2, 0) is 23.8 Å². The highest BCUT2D eigenvalue weighted by Crippen LogP contribution is 2.19. The molecule has 0 aliphatic carbocycles. The fraction of sp³-hybridized carbons (Fsp3) is 0.772. The summed E-state index contributed by atoms with van der Waals surface area (Å²) in [4.78, 5) is 37.1. The van der Waals surface area contributed by atoms with Crippen molar-refractivity contribution in [3.05, 3.63) is 54.1 Å². The molecule has 0 fully saturated rings. The van der Waals surface area contributed by atoms with E-state index >= 15 is 0 Å². The maximum atomic E-state index is 12.7.